The first kappa shape index (κ1) is 8.24. The molecule has 2 nitrogen and oxygen atoms in total. The Morgan fingerprint density at radius 1 is 1.40 bits per heavy atom. The summed E-state index contributed by atoms with van der Waals surface area (Å²) in [7, 11) is -0.927. The summed E-state index contributed by atoms with van der Waals surface area (Å²) in [5.41, 5.74) is 0. The van der Waals surface area contributed by atoms with Crippen LogP contribution in [-0.4, -0.2) is 20.8 Å². The van der Waals surface area contributed by atoms with E-state index in [1.165, 1.54) is 6.04 Å². The number of hydrogen-bond acceptors (Lipinski definition) is 2. The first-order valence-electron chi connectivity index (χ1n) is 3.86. The Bertz CT molecular complexity index is 103. The van der Waals surface area contributed by atoms with Gasteiger partial charge >= 0.3 is 0 Å². The van der Waals surface area contributed by atoms with Gasteiger partial charge in [-0.05, 0) is 6.04 Å². The summed E-state index contributed by atoms with van der Waals surface area (Å²) in [6.45, 7) is 7.85. The van der Waals surface area contributed by atoms with Crippen molar-refractivity contribution in [3.05, 3.63) is 0 Å². The van der Waals surface area contributed by atoms with E-state index in [0.717, 1.165) is 13.0 Å². The van der Waals surface area contributed by atoms with Gasteiger partial charge in [-0.2, -0.15) is 0 Å². The SMILES string of the molecule is C[Si](C)(C)CC1CCOO1. The van der Waals surface area contributed by atoms with E-state index in [-0.39, 0.29) is 0 Å². The highest BCUT2D eigenvalue weighted by atomic mass is 28.3. The molecule has 1 unspecified atom stereocenters. The summed E-state index contributed by atoms with van der Waals surface area (Å²) in [4.78, 5) is 9.89. The lowest BCUT2D eigenvalue weighted by Crippen LogP contribution is -2.26. The second-order valence-corrected chi connectivity index (χ2v) is 9.62. The van der Waals surface area contributed by atoms with Crippen molar-refractivity contribution in [3.8, 4) is 0 Å². The predicted octanol–water partition coefficient (Wildman–Crippen LogP) is 2.05. The summed E-state index contributed by atoms with van der Waals surface area (Å²) in [6, 6.07) is 1.23. The number of rotatable bonds is 2. The van der Waals surface area contributed by atoms with Crippen molar-refractivity contribution < 1.29 is 9.78 Å². The molecule has 1 heterocycles. The zero-order valence-electron chi connectivity index (χ0n) is 7.02. The second kappa shape index (κ2) is 3.03. The lowest BCUT2D eigenvalue weighted by molar-refractivity contribution is -0.270. The molecule has 3 heteroatoms. The Hall–Kier alpha value is 0.137. The minimum absolute atomic E-state index is 0.395. The molecule has 10 heavy (non-hydrogen) atoms. The molecule has 0 aromatic rings. The average Bonchev–Trinajstić information content (AvgIpc) is 2.12. The molecule has 0 N–H and O–H groups in total. The van der Waals surface area contributed by atoms with Gasteiger partial charge in [0.15, 0.2) is 0 Å². The molecule has 1 atom stereocenters. The van der Waals surface area contributed by atoms with Crippen LogP contribution in [0.3, 0.4) is 0 Å². The molecule has 1 rings (SSSR count). The summed E-state index contributed by atoms with van der Waals surface area (Å²) in [6.07, 6.45) is 1.48. The maximum Gasteiger partial charge on any atom is 0.0929 e. The molecule has 1 fully saturated rings. The van der Waals surface area contributed by atoms with Gasteiger partial charge < -0.3 is 0 Å². The van der Waals surface area contributed by atoms with Crippen molar-refractivity contribution in [2.45, 2.75) is 38.2 Å². The molecule has 0 spiro atoms. The Morgan fingerprint density at radius 2 is 2.10 bits per heavy atom. The Labute approximate surface area is 63.5 Å². The first-order valence-corrected chi connectivity index (χ1v) is 7.57. The van der Waals surface area contributed by atoms with Crippen LogP contribution in [-0.2, 0) is 9.78 Å². The van der Waals surface area contributed by atoms with Crippen LogP contribution in [0.5, 0.6) is 0 Å². The topological polar surface area (TPSA) is 18.5 Å². The van der Waals surface area contributed by atoms with E-state index in [1.54, 1.807) is 0 Å². The third-order valence-electron chi connectivity index (χ3n) is 1.57. The van der Waals surface area contributed by atoms with Crippen molar-refractivity contribution in [1.29, 1.82) is 0 Å². The van der Waals surface area contributed by atoms with Crippen molar-refractivity contribution in [1.82, 2.24) is 0 Å². The van der Waals surface area contributed by atoms with Crippen LogP contribution in [0.4, 0.5) is 0 Å². The quantitative estimate of drug-likeness (QED) is 0.454. The highest BCUT2D eigenvalue weighted by Crippen LogP contribution is 2.20. The van der Waals surface area contributed by atoms with Crippen LogP contribution in [0, 0.1) is 0 Å². The third kappa shape index (κ3) is 2.81. The van der Waals surface area contributed by atoms with Crippen molar-refractivity contribution in [3.63, 3.8) is 0 Å². The molecule has 1 aliphatic rings. The van der Waals surface area contributed by atoms with Crippen LogP contribution in [0.2, 0.25) is 25.7 Å². The van der Waals surface area contributed by atoms with E-state index >= 15 is 0 Å². The molecule has 1 aliphatic heterocycles. The smallest absolute Gasteiger partial charge is 0.0929 e. The Kier molecular flexibility index (Phi) is 2.49. The zero-order valence-corrected chi connectivity index (χ0v) is 8.02. The average molecular weight is 160 g/mol. The van der Waals surface area contributed by atoms with Crippen molar-refractivity contribution in [2.24, 2.45) is 0 Å². The maximum atomic E-state index is 5.06. The van der Waals surface area contributed by atoms with Gasteiger partial charge in [0, 0.05) is 14.5 Å². The fourth-order valence-corrected chi connectivity index (χ4v) is 2.83. The largest absolute Gasteiger partial charge is 0.236 e. The van der Waals surface area contributed by atoms with E-state index in [1.807, 2.05) is 0 Å². The summed E-state index contributed by atoms with van der Waals surface area (Å²) >= 11 is 0. The Morgan fingerprint density at radius 3 is 2.50 bits per heavy atom. The van der Waals surface area contributed by atoms with Gasteiger partial charge in [-0.25, -0.2) is 9.78 Å². The zero-order chi connectivity index (χ0) is 7.61. The minimum atomic E-state index is -0.927. The molecule has 0 radical (unpaired) electrons. The molecule has 0 aliphatic carbocycles. The molecule has 0 amide bonds. The van der Waals surface area contributed by atoms with Gasteiger partial charge in [0.2, 0.25) is 0 Å². The van der Waals surface area contributed by atoms with Gasteiger partial charge in [-0.1, -0.05) is 19.6 Å². The predicted molar refractivity (Wildman–Crippen MR) is 43.6 cm³/mol. The summed E-state index contributed by atoms with van der Waals surface area (Å²) < 4.78 is 0. The maximum absolute atomic E-state index is 5.06. The lowest BCUT2D eigenvalue weighted by Gasteiger charge is -2.18. The summed E-state index contributed by atoms with van der Waals surface area (Å²) in [5, 5.41) is 0. The van der Waals surface area contributed by atoms with Crippen molar-refractivity contribution >= 4 is 8.07 Å². The van der Waals surface area contributed by atoms with Gasteiger partial charge in [0.05, 0.1) is 12.7 Å². The highest BCUT2D eigenvalue weighted by molar-refractivity contribution is 6.76. The number of hydrogen-bond donors (Lipinski definition) is 0. The molecular weight excluding hydrogens is 144 g/mol. The van der Waals surface area contributed by atoms with E-state index in [9.17, 15) is 0 Å². The van der Waals surface area contributed by atoms with Crippen LogP contribution >= 0.6 is 0 Å². The van der Waals surface area contributed by atoms with Crippen LogP contribution < -0.4 is 0 Å². The lowest BCUT2D eigenvalue weighted by atomic mass is 10.3. The molecule has 0 saturated carbocycles. The molecule has 0 aromatic carbocycles. The van der Waals surface area contributed by atoms with E-state index in [4.69, 9.17) is 9.78 Å². The molecular formula is C7H16O2Si. The second-order valence-electron chi connectivity index (χ2n) is 4.09. The van der Waals surface area contributed by atoms with Crippen LogP contribution in [0.25, 0.3) is 0 Å². The highest BCUT2D eigenvalue weighted by Gasteiger charge is 2.24. The van der Waals surface area contributed by atoms with Gasteiger partial charge in [0.25, 0.3) is 0 Å². The minimum Gasteiger partial charge on any atom is -0.236 e. The van der Waals surface area contributed by atoms with Gasteiger partial charge in [-0.15, -0.1) is 0 Å². The molecule has 0 bridgehead atoms. The van der Waals surface area contributed by atoms with Crippen LogP contribution in [0.1, 0.15) is 6.42 Å². The van der Waals surface area contributed by atoms with Crippen LogP contribution in [0.15, 0.2) is 0 Å². The molecule has 0 aromatic heterocycles. The van der Waals surface area contributed by atoms with E-state index in [2.05, 4.69) is 19.6 Å². The summed E-state index contributed by atoms with van der Waals surface area (Å²) in [5.74, 6) is 0. The Balaban J connectivity index is 2.24. The standard InChI is InChI=1S/C7H16O2Si/c1-10(2,3)6-7-4-5-8-9-7/h7H,4-6H2,1-3H3. The third-order valence-corrected chi connectivity index (χ3v) is 3.25. The fraction of sp³-hybridized carbons (Fsp3) is 1.00. The normalized spacial score (nSPS) is 27.3. The molecule has 1 saturated heterocycles. The van der Waals surface area contributed by atoms with E-state index < -0.39 is 8.07 Å². The first-order chi connectivity index (χ1) is 4.58. The van der Waals surface area contributed by atoms with Gasteiger partial charge in [-0.3, -0.25) is 0 Å². The monoisotopic (exact) mass is 160 g/mol. The van der Waals surface area contributed by atoms with Crippen molar-refractivity contribution in [2.75, 3.05) is 6.61 Å². The van der Waals surface area contributed by atoms with Gasteiger partial charge in [0.1, 0.15) is 0 Å². The fourth-order valence-electron chi connectivity index (χ4n) is 1.19. The van der Waals surface area contributed by atoms with E-state index in [0.29, 0.717) is 6.10 Å². The molecule has 60 valence electrons.